The summed E-state index contributed by atoms with van der Waals surface area (Å²) in [4.78, 5) is 31.3. The highest BCUT2D eigenvalue weighted by molar-refractivity contribution is 5.94. The second-order valence-corrected chi connectivity index (χ2v) is 7.82. The van der Waals surface area contributed by atoms with Crippen LogP contribution in [0.4, 0.5) is 21.9 Å². The van der Waals surface area contributed by atoms with Crippen LogP contribution in [-0.2, 0) is 4.79 Å². The van der Waals surface area contributed by atoms with Crippen molar-refractivity contribution in [3.63, 3.8) is 0 Å². The molecule has 0 spiro atoms. The molecule has 2 aliphatic heterocycles. The second-order valence-electron chi connectivity index (χ2n) is 7.82. The van der Waals surface area contributed by atoms with E-state index in [1.165, 1.54) is 12.8 Å². The molecule has 2 aliphatic rings. The van der Waals surface area contributed by atoms with E-state index in [1.807, 2.05) is 53.4 Å². The SMILES string of the molecule is O=C(CN1CCN(C(=O)Nc2ccccc2N2CCCC2)CC1)Nc1ccccc1. The van der Waals surface area contributed by atoms with Crippen LogP contribution in [0.5, 0.6) is 0 Å². The first-order valence-electron chi connectivity index (χ1n) is 10.7. The number of anilines is 3. The van der Waals surface area contributed by atoms with Crippen LogP contribution < -0.4 is 15.5 Å². The number of hydrogen-bond acceptors (Lipinski definition) is 4. The summed E-state index contributed by atoms with van der Waals surface area (Å²) in [5.41, 5.74) is 2.77. The highest BCUT2D eigenvalue weighted by Crippen LogP contribution is 2.28. The zero-order chi connectivity index (χ0) is 20.8. The Morgan fingerprint density at radius 1 is 0.767 bits per heavy atom. The Hall–Kier alpha value is -3.06. The number of urea groups is 1. The molecule has 2 aromatic carbocycles. The number of carbonyl (C=O) groups excluding carboxylic acids is 2. The van der Waals surface area contributed by atoms with Crippen LogP contribution in [-0.4, -0.2) is 67.6 Å². The van der Waals surface area contributed by atoms with Crippen molar-refractivity contribution in [2.24, 2.45) is 0 Å². The quantitative estimate of drug-likeness (QED) is 0.799. The van der Waals surface area contributed by atoms with Crippen molar-refractivity contribution in [3.8, 4) is 0 Å². The number of piperazine rings is 1. The molecule has 0 aromatic heterocycles. The van der Waals surface area contributed by atoms with Crippen LogP contribution in [0.3, 0.4) is 0 Å². The van der Waals surface area contributed by atoms with Crippen LogP contribution in [0, 0.1) is 0 Å². The molecule has 7 heteroatoms. The van der Waals surface area contributed by atoms with Gasteiger partial charge in [-0.25, -0.2) is 4.79 Å². The summed E-state index contributed by atoms with van der Waals surface area (Å²) in [7, 11) is 0. The van der Waals surface area contributed by atoms with Crippen molar-refractivity contribution in [2.75, 3.05) is 61.3 Å². The molecule has 158 valence electrons. The van der Waals surface area contributed by atoms with Crippen LogP contribution in [0.25, 0.3) is 0 Å². The molecule has 0 atom stereocenters. The zero-order valence-corrected chi connectivity index (χ0v) is 17.2. The van der Waals surface area contributed by atoms with Crippen molar-refractivity contribution in [2.45, 2.75) is 12.8 Å². The lowest BCUT2D eigenvalue weighted by Gasteiger charge is -2.34. The molecule has 4 rings (SSSR count). The van der Waals surface area contributed by atoms with Gasteiger partial charge in [0.05, 0.1) is 17.9 Å². The summed E-state index contributed by atoms with van der Waals surface area (Å²) < 4.78 is 0. The molecule has 2 fully saturated rings. The fourth-order valence-electron chi connectivity index (χ4n) is 4.04. The van der Waals surface area contributed by atoms with Crippen molar-refractivity contribution < 1.29 is 9.59 Å². The molecule has 0 bridgehead atoms. The Morgan fingerprint density at radius 2 is 1.43 bits per heavy atom. The maximum absolute atomic E-state index is 12.8. The number of hydrogen-bond donors (Lipinski definition) is 2. The minimum absolute atomic E-state index is 0.0290. The third kappa shape index (κ3) is 5.10. The molecule has 7 nitrogen and oxygen atoms in total. The molecule has 2 saturated heterocycles. The maximum Gasteiger partial charge on any atom is 0.321 e. The lowest BCUT2D eigenvalue weighted by Crippen LogP contribution is -2.51. The van der Waals surface area contributed by atoms with Gasteiger partial charge in [-0.3, -0.25) is 9.69 Å². The average molecular weight is 408 g/mol. The van der Waals surface area contributed by atoms with E-state index in [9.17, 15) is 9.59 Å². The van der Waals surface area contributed by atoms with Gasteiger partial charge in [0.25, 0.3) is 0 Å². The Bertz CT molecular complexity index is 859. The number of nitrogens with zero attached hydrogens (tertiary/aromatic N) is 3. The van der Waals surface area contributed by atoms with Gasteiger partial charge in [-0.1, -0.05) is 30.3 Å². The number of benzene rings is 2. The molecular weight excluding hydrogens is 378 g/mol. The highest BCUT2D eigenvalue weighted by atomic mass is 16.2. The van der Waals surface area contributed by atoms with Gasteiger partial charge in [-0.2, -0.15) is 0 Å². The Kier molecular flexibility index (Phi) is 6.49. The van der Waals surface area contributed by atoms with Gasteiger partial charge in [0.15, 0.2) is 0 Å². The molecule has 0 radical (unpaired) electrons. The van der Waals surface area contributed by atoms with E-state index >= 15 is 0 Å². The lowest BCUT2D eigenvalue weighted by molar-refractivity contribution is -0.117. The van der Waals surface area contributed by atoms with Crippen LogP contribution in [0.1, 0.15) is 12.8 Å². The van der Waals surface area contributed by atoms with E-state index < -0.39 is 0 Å². The van der Waals surface area contributed by atoms with Gasteiger partial charge >= 0.3 is 6.03 Å². The van der Waals surface area contributed by atoms with Gasteiger partial charge in [0.2, 0.25) is 5.91 Å². The molecule has 30 heavy (non-hydrogen) atoms. The first-order chi connectivity index (χ1) is 14.7. The fourth-order valence-corrected chi connectivity index (χ4v) is 4.04. The third-order valence-electron chi connectivity index (χ3n) is 5.68. The summed E-state index contributed by atoms with van der Waals surface area (Å²) in [6.45, 7) is 4.99. The number of nitrogens with one attached hydrogen (secondary N) is 2. The van der Waals surface area contributed by atoms with E-state index in [4.69, 9.17) is 0 Å². The molecule has 0 saturated carbocycles. The lowest BCUT2D eigenvalue weighted by atomic mass is 10.2. The van der Waals surface area contributed by atoms with E-state index in [2.05, 4.69) is 26.5 Å². The number of rotatable bonds is 5. The fraction of sp³-hybridized carbons (Fsp3) is 0.391. The minimum atomic E-state index is -0.0740. The Morgan fingerprint density at radius 3 is 2.17 bits per heavy atom. The molecule has 0 aliphatic carbocycles. The number of para-hydroxylation sites is 3. The number of carbonyl (C=O) groups is 2. The van der Waals surface area contributed by atoms with Crippen molar-refractivity contribution in [1.29, 1.82) is 0 Å². The van der Waals surface area contributed by atoms with Gasteiger partial charge < -0.3 is 20.4 Å². The van der Waals surface area contributed by atoms with E-state index in [0.29, 0.717) is 32.7 Å². The average Bonchev–Trinajstić information content (AvgIpc) is 3.30. The first-order valence-corrected chi connectivity index (χ1v) is 10.7. The normalized spacial score (nSPS) is 17.1. The van der Waals surface area contributed by atoms with E-state index in [1.54, 1.807) is 0 Å². The van der Waals surface area contributed by atoms with Gasteiger partial charge in [0, 0.05) is 45.0 Å². The van der Waals surface area contributed by atoms with Crippen LogP contribution in [0.2, 0.25) is 0 Å². The molecule has 2 N–H and O–H groups in total. The Balaban J connectivity index is 1.26. The smallest absolute Gasteiger partial charge is 0.321 e. The van der Waals surface area contributed by atoms with Crippen LogP contribution >= 0.6 is 0 Å². The molecular formula is C23H29N5O2. The van der Waals surface area contributed by atoms with Crippen LogP contribution in [0.15, 0.2) is 54.6 Å². The van der Waals surface area contributed by atoms with Gasteiger partial charge in [-0.05, 0) is 37.1 Å². The largest absolute Gasteiger partial charge is 0.370 e. The maximum atomic E-state index is 12.8. The second kappa shape index (κ2) is 9.63. The van der Waals surface area contributed by atoms with Crippen molar-refractivity contribution in [1.82, 2.24) is 9.80 Å². The van der Waals surface area contributed by atoms with Crippen molar-refractivity contribution in [3.05, 3.63) is 54.6 Å². The predicted molar refractivity (Wildman–Crippen MR) is 120 cm³/mol. The Labute approximate surface area is 177 Å². The zero-order valence-electron chi connectivity index (χ0n) is 17.2. The predicted octanol–water partition coefficient (Wildman–Crippen LogP) is 3.08. The topological polar surface area (TPSA) is 67.9 Å². The van der Waals surface area contributed by atoms with E-state index in [-0.39, 0.29) is 11.9 Å². The van der Waals surface area contributed by atoms with Crippen molar-refractivity contribution >= 4 is 29.0 Å². The monoisotopic (exact) mass is 407 g/mol. The van der Waals surface area contributed by atoms with E-state index in [0.717, 1.165) is 30.2 Å². The summed E-state index contributed by atoms with van der Waals surface area (Å²) in [6, 6.07) is 17.4. The summed E-state index contributed by atoms with van der Waals surface area (Å²) in [5, 5.41) is 6.00. The third-order valence-corrected chi connectivity index (χ3v) is 5.68. The first kappa shape index (κ1) is 20.2. The highest BCUT2D eigenvalue weighted by Gasteiger charge is 2.24. The molecule has 2 heterocycles. The summed E-state index contributed by atoms with van der Waals surface area (Å²) in [5.74, 6) is -0.0290. The standard InChI is InChI=1S/C23H29N5O2/c29-22(24-19-8-2-1-3-9-19)18-26-14-16-28(17-15-26)23(30)25-20-10-4-5-11-21(20)27-12-6-7-13-27/h1-5,8-11H,6-7,12-18H2,(H,24,29)(H,25,30). The molecule has 2 aromatic rings. The van der Waals surface area contributed by atoms with Gasteiger partial charge in [-0.15, -0.1) is 0 Å². The minimum Gasteiger partial charge on any atom is -0.370 e. The number of amides is 3. The summed E-state index contributed by atoms with van der Waals surface area (Å²) >= 11 is 0. The van der Waals surface area contributed by atoms with Gasteiger partial charge in [0.1, 0.15) is 0 Å². The molecule has 0 unspecified atom stereocenters. The summed E-state index contributed by atoms with van der Waals surface area (Å²) in [6.07, 6.45) is 2.39. The molecule has 3 amide bonds.